The van der Waals surface area contributed by atoms with Crippen molar-refractivity contribution in [2.24, 2.45) is 25.4 Å². The van der Waals surface area contributed by atoms with E-state index in [2.05, 4.69) is 42.4 Å². The van der Waals surface area contributed by atoms with E-state index in [1.54, 1.807) is 12.1 Å². The van der Waals surface area contributed by atoms with Crippen molar-refractivity contribution in [2.45, 2.75) is 13.8 Å². The Labute approximate surface area is 164 Å². The van der Waals surface area contributed by atoms with Crippen molar-refractivity contribution in [3.8, 4) is 0 Å². The van der Waals surface area contributed by atoms with E-state index in [-0.39, 0.29) is 10.1 Å². The summed E-state index contributed by atoms with van der Waals surface area (Å²) in [5.41, 5.74) is 4.61. The first-order valence-corrected chi connectivity index (χ1v) is 8.86. The van der Waals surface area contributed by atoms with Crippen LogP contribution in [0.4, 0.5) is 27.9 Å². The predicted molar refractivity (Wildman–Crippen MR) is 107 cm³/mol. The van der Waals surface area contributed by atoms with Gasteiger partial charge in [-0.15, -0.1) is 20.4 Å². The van der Waals surface area contributed by atoms with Crippen molar-refractivity contribution in [3.63, 3.8) is 0 Å². The van der Waals surface area contributed by atoms with Crippen LogP contribution in [0, 0.1) is 13.8 Å². The standard InChI is InChI=1S/C18H15N7O2S/c1-10-8-12(19-3)4-6-14(10)21-20-13-5-7-15(11(2)9-13)22-24-18-25-23-16(28-18)17(26)27/h4-9H,3H2,1-2H3,(H,26,27)/b21-20+,24-22+. The lowest BCUT2D eigenvalue weighted by Gasteiger charge is -2.01. The predicted octanol–water partition coefficient (Wildman–Crippen LogP) is 6.02. The summed E-state index contributed by atoms with van der Waals surface area (Å²) in [4.78, 5) is 14.7. The van der Waals surface area contributed by atoms with Crippen LogP contribution in [0.2, 0.25) is 0 Å². The van der Waals surface area contributed by atoms with Crippen LogP contribution in [0.3, 0.4) is 0 Å². The molecule has 0 aliphatic heterocycles. The number of hydrogen-bond donors (Lipinski definition) is 1. The Morgan fingerprint density at radius 3 is 2.11 bits per heavy atom. The fourth-order valence-corrected chi connectivity index (χ4v) is 2.72. The first kappa shape index (κ1) is 19.1. The molecule has 0 radical (unpaired) electrons. The van der Waals surface area contributed by atoms with Crippen LogP contribution in [-0.4, -0.2) is 28.0 Å². The second kappa shape index (κ2) is 8.35. The molecule has 0 atom stereocenters. The number of benzene rings is 2. The lowest BCUT2D eigenvalue weighted by Crippen LogP contribution is -1.93. The summed E-state index contributed by atoms with van der Waals surface area (Å²) in [6, 6.07) is 10.9. The molecule has 0 saturated heterocycles. The molecule has 0 aliphatic carbocycles. The summed E-state index contributed by atoms with van der Waals surface area (Å²) in [6.07, 6.45) is 0. The van der Waals surface area contributed by atoms with Gasteiger partial charge in [-0.3, -0.25) is 4.99 Å². The third kappa shape index (κ3) is 4.54. The molecule has 1 N–H and O–H groups in total. The molecule has 2 aromatic carbocycles. The van der Waals surface area contributed by atoms with Gasteiger partial charge in [0.15, 0.2) is 0 Å². The minimum atomic E-state index is -1.14. The molecule has 3 rings (SSSR count). The van der Waals surface area contributed by atoms with E-state index in [0.29, 0.717) is 11.4 Å². The van der Waals surface area contributed by atoms with E-state index in [4.69, 9.17) is 5.11 Å². The molecule has 0 saturated carbocycles. The highest BCUT2D eigenvalue weighted by Gasteiger charge is 2.10. The maximum absolute atomic E-state index is 10.8. The number of carbonyl (C=O) groups is 1. The number of hydrogen-bond acceptors (Lipinski definition) is 9. The van der Waals surface area contributed by atoms with Gasteiger partial charge in [0.1, 0.15) is 0 Å². The summed E-state index contributed by atoms with van der Waals surface area (Å²) in [5.74, 6) is -1.14. The molecule has 28 heavy (non-hydrogen) atoms. The van der Waals surface area contributed by atoms with Crippen molar-refractivity contribution in [1.29, 1.82) is 0 Å². The Bertz CT molecular complexity index is 1110. The first-order valence-electron chi connectivity index (χ1n) is 8.04. The Kier molecular flexibility index (Phi) is 5.70. The van der Waals surface area contributed by atoms with E-state index in [0.717, 1.165) is 33.8 Å². The molecule has 0 bridgehead atoms. The van der Waals surface area contributed by atoms with Gasteiger partial charge < -0.3 is 5.11 Å². The van der Waals surface area contributed by atoms with Crippen molar-refractivity contribution in [2.75, 3.05) is 0 Å². The van der Waals surface area contributed by atoms with Gasteiger partial charge in [0.25, 0.3) is 5.13 Å². The van der Waals surface area contributed by atoms with Crippen LogP contribution in [0.25, 0.3) is 0 Å². The zero-order valence-electron chi connectivity index (χ0n) is 15.1. The normalized spacial score (nSPS) is 11.4. The van der Waals surface area contributed by atoms with E-state index in [1.807, 2.05) is 38.1 Å². The van der Waals surface area contributed by atoms with Crippen molar-refractivity contribution >= 4 is 51.9 Å². The van der Waals surface area contributed by atoms with Gasteiger partial charge >= 0.3 is 5.97 Å². The maximum Gasteiger partial charge on any atom is 0.367 e. The van der Waals surface area contributed by atoms with E-state index in [9.17, 15) is 4.79 Å². The minimum Gasteiger partial charge on any atom is -0.476 e. The molecule has 1 heterocycles. The highest BCUT2D eigenvalue weighted by molar-refractivity contribution is 7.16. The Balaban J connectivity index is 1.75. The summed E-state index contributed by atoms with van der Waals surface area (Å²) < 4.78 is 0. The zero-order valence-corrected chi connectivity index (χ0v) is 15.9. The molecule has 0 amide bonds. The van der Waals surface area contributed by atoms with E-state index < -0.39 is 5.97 Å². The lowest BCUT2D eigenvalue weighted by molar-refractivity contribution is 0.0695. The van der Waals surface area contributed by atoms with Crippen LogP contribution in [0.1, 0.15) is 20.9 Å². The average molecular weight is 393 g/mol. The first-order chi connectivity index (χ1) is 13.5. The number of aromatic nitrogens is 2. The molecular weight excluding hydrogens is 378 g/mol. The number of azo groups is 2. The van der Waals surface area contributed by atoms with Crippen LogP contribution < -0.4 is 0 Å². The quantitative estimate of drug-likeness (QED) is 0.406. The summed E-state index contributed by atoms with van der Waals surface area (Å²) in [6.45, 7) is 7.30. The fraction of sp³-hybridized carbons (Fsp3) is 0.111. The largest absolute Gasteiger partial charge is 0.476 e. The number of carboxylic acids is 1. The van der Waals surface area contributed by atoms with Gasteiger partial charge in [-0.05, 0) is 68.1 Å². The molecule has 10 heteroatoms. The summed E-state index contributed by atoms with van der Waals surface area (Å²) >= 11 is 0.853. The second-order valence-electron chi connectivity index (χ2n) is 5.69. The molecule has 1 aromatic heterocycles. The van der Waals surface area contributed by atoms with Gasteiger partial charge in [-0.25, -0.2) is 4.79 Å². The molecule has 3 aromatic rings. The molecule has 140 valence electrons. The summed E-state index contributed by atoms with van der Waals surface area (Å²) in [5, 5.41) is 32.6. The fourth-order valence-electron chi connectivity index (χ4n) is 2.21. The average Bonchev–Trinajstić information content (AvgIpc) is 3.15. The molecule has 0 fully saturated rings. The number of nitrogens with zero attached hydrogens (tertiary/aromatic N) is 7. The number of aliphatic imine (C=N–C) groups is 1. The lowest BCUT2D eigenvalue weighted by atomic mass is 10.2. The zero-order chi connectivity index (χ0) is 20.1. The molecule has 0 spiro atoms. The minimum absolute atomic E-state index is 0.131. The van der Waals surface area contributed by atoms with Gasteiger partial charge in [0.2, 0.25) is 5.01 Å². The molecule has 9 nitrogen and oxygen atoms in total. The van der Waals surface area contributed by atoms with Crippen LogP contribution in [0.5, 0.6) is 0 Å². The SMILES string of the molecule is C=Nc1ccc(/N=N/c2ccc(/N=N/c3nnc(C(=O)O)s3)c(C)c2)c(C)c1. The Morgan fingerprint density at radius 2 is 1.54 bits per heavy atom. The number of aryl methyl sites for hydroxylation is 2. The topological polar surface area (TPSA) is 125 Å². The Morgan fingerprint density at radius 1 is 0.929 bits per heavy atom. The number of carboxylic acid groups (broad SMARTS) is 1. The molecule has 0 unspecified atom stereocenters. The van der Waals surface area contributed by atoms with Crippen molar-refractivity contribution in [3.05, 3.63) is 52.5 Å². The van der Waals surface area contributed by atoms with Crippen LogP contribution in [0.15, 0.2) is 61.8 Å². The molecule has 0 aliphatic rings. The maximum atomic E-state index is 10.8. The van der Waals surface area contributed by atoms with Gasteiger partial charge in [0.05, 0.1) is 22.7 Å². The summed E-state index contributed by atoms with van der Waals surface area (Å²) in [7, 11) is 0. The Hall–Kier alpha value is -3.66. The molecular formula is C18H15N7O2S. The third-order valence-corrected chi connectivity index (χ3v) is 4.45. The van der Waals surface area contributed by atoms with Crippen molar-refractivity contribution < 1.29 is 9.90 Å². The highest BCUT2D eigenvalue weighted by atomic mass is 32.1. The van der Waals surface area contributed by atoms with Crippen LogP contribution >= 0.6 is 11.3 Å². The van der Waals surface area contributed by atoms with Gasteiger partial charge in [-0.1, -0.05) is 11.3 Å². The number of rotatable bonds is 6. The van der Waals surface area contributed by atoms with Gasteiger partial charge in [-0.2, -0.15) is 10.2 Å². The van der Waals surface area contributed by atoms with E-state index >= 15 is 0 Å². The van der Waals surface area contributed by atoms with Crippen LogP contribution in [-0.2, 0) is 0 Å². The van der Waals surface area contributed by atoms with E-state index in [1.165, 1.54) is 0 Å². The third-order valence-electron chi connectivity index (χ3n) is 3.66. The monoisotopic (exact) mass is 393 g/mol. The van der Waals surface area contributed by atoms with Gasteiger partial charge in [0, 0.05) is 0 Å². The van der Waals surface area contributed by atoms with Crippen molar-refractivity contribution in [1.82, 2.24) is 10.2 Å². The highest BCUT2D eigenvalue weighted by Crippen LogP contribution is 2.29. The second-order valence-corrected chi connectivity index (χ2v) is 6.65. The smallest absolute Gasteiger partial charge is 0.367 e. The number of aromatic carboxylic acids is 1.